The van der Waals surface area contributed by atoms with Crippen LogP contribution < -0.4 is 0 Å². The van der Waals surface area contributed by atoms with Gasteiger partial charge in [-0.3, -0.25) is 0 Å². The summed E-state index contributed by atoms with van der Waals surface area (Å²) in [6.45, 7) is 15.7. The first-order valence-electron chi connectivity index (χ1n) is 6.04. The molecule has 16 heavy (non-hydrogen) atoms. The van der Waals surface area contributed by atoms with Crippen LogP contribution in [0.2, 0.25) is 0 Å². The van der Waals surface area contributed by atoms with E-state index in [0.29, 0.717) is 0 Å². The maximum atomic E-state index is 5.02. The van der Waals surface area contributed by atoms with Crippen molar-refractivity contribution in [2.45, 2.75) is 48.0 Å². The highest BCUT2D eigenvalue weighted by atomic mass is 16.5. The normalized spacial score (nSPS) is 8.88. The van der Waals surface area contributed by atoms with E-state index in [-0.39, 0.29) is 0 Å². The highest BCUT2D eigenvalue weighted by molar-refractivity contribution is 5.61. The van der Waals surface area contributed by atoms with Crippen LogP contribution in [-0.2, 0) is 0 Å². The number of hydrogen-bond donors (Lipinski definition) is 0. The van der Waals surface area contributed by atoms with E-state index in [0.717, 1.165) is 23.4 Å². The molecule has 0 spiro atoms. The molecule has 0 fully saturated rings. The fraction of sp³-hybridized carbons (Fsp3) is 0.500. The Morgan fingerprint density at radius 3 is 2.25 bits per heavy atom. The lowest BCUT2D eigenvalue weighted by Crippen LogP contribution is -1.75. The van der Waals surface area contributed by atoms with Gasteiger partial charge in [0, 0.05) is 5.56 Å². The Balaban J connectivity index is 0. The minimum Gasteiger partial charge on any atom is -0.356 e. The first kappa shape index (κ1) is 17.1. The molecule has 0 saturated carbocycles. The van der Waals surface area contributed by atoms with Gasteiger partial charge in [-0.1, -0.05) is 58.5 Å². The van der Waals surface area contributed by atoms with Crippen molar-refractivity contribution in [3.05, 3.63) is 29.7 Å². The molecule has 0 N–H and O–H groups in total. The minimum atomic E-state index is 0.747. The van der Waals surface area contributed by atoms with Gasteiger partial charge in [0.1, 0.15) is 0 Å². The van der Waals surface area contributed by atoms with Gasteiger partial charge >= 0.3 is 0 Å². The summed E-state index contributed by atoms with van der Waals surface area (Å²) in [5.74, 6) is 0.747. The molecule has 0 aliphatic rings. The van der Waals surface area contributed by atoms with Gasteiger partial charge in [-0.05, 0) is 19.4 Å². The summed E-state index contributed by atoms with van der Waals surface area (Å²) in [5.41, 5.74) is 1.95. The van der Waals surface area contributed by atoms with Gasteiger partial charge in [-0.15, -0.1) is 0 Å². The quantitative estimate of drug-likeness (QED) is 0.712. The Labute approximate surface area is 100 Å². The van der Waals surface area contributed by atoms with Crippen molar-refractivity contribution in [2.75, 3.05) is 0 Å². The smallest absolute Gasteiger partial charge is 0.166 e. The van der Waals surface area contributed by atoms with Crippen LogP contribution in [0, 0.1) is 6.92 Å². The van der Waals surface area contributed by atoms with E-state index in [1.165, 1.54) is 0 Å². The molecule has 0 aliphatic heterocycles. The minimum absolute atomic E-state index is 0.747. The van der Waals surface area contributed by atoms with E-state index < -0.39 is 0 Å². The van der Waals surface area contributed by atoms with Crippen LogP contribution in [0.15, 0.2) is 17.2 Å². The lowest BCUT2D eigenvalue weighted by atomic mass is 10.2. The molecule has 0 unspecified atom stereocenters. The molecule has 0 amide bonds. The van der Waals surface area contributed by atoms with E-state index >= 15 is 0 Å². The van der Waals surface area contributed by atoms with E-state index in [1.54, 1.807) is 6.08 Å². The number of nitrogens with zero attached hydrogens (tertiary/aromatic N) is 1. The Morgan fingerprint density at radius 1 is 1.25 bits per heavy atom. The van der Waals surface area contributed by atoms with Crippen molar-refractivity contribution >= 4 is 12.2 Å². The molecule has 0 aromatic carbocycles. The average molecular weight is 223 g/mol. The van der Waals surface area contributed by atoms with Crippen LogP contribution in [0.5, 0.6) is 0 Å². The van der Waals surface area contributed by atoms with Gasteiger partial charge < -0.3 is 4.52 Å². The number of aromatic nitrogens is 1. The number of allylic oxidation sites excluding steroid dienone is 1. The Kier molecular flexibility index (Phi) is 12.6. The van der Waals surface area contributed by atoms with E-state index in [4.69, 9.17) is 4.52 Å². The second-order valence-electron chi connectivity index (χ2n) is 2.56. The van der Waals surface area contributed by atoms with Crippen LogP contribution in [-0.4, -0.2) is 5.16 Å². The predicted molar refractivity (Wildman–Crippen MR) is 73.4 cm³/mol. The maximum Gasteiger partial charge on any atom is 0.166 e. The van der Waals surface area contributed by atoms with Crippen LogP contribution >= 0.6 is 0 Å². The molecule has 1 rings (SSSR count). The predicted octanol–water partition coefficient (Wildman–Crippen LogP) is 5.10. The van der Waals surface area contributed by atoms with Gasteiger partial charge in [0.2, 0.25) is 0 Å². The van der Waals surface area contributed by atoms with Crippen molar-refractivity contribution in [3.63, 3.8) is 0 Å². The molecule has 92 valence electrons. The highest BCUT2D eigenvalue weighted by Gasteiger charge is 2.05. The van der Waals surface area contributed by atoms with Gasteiger partial charge in [0.25, 0.3) is 0 Å². The van der Waals surface area contributed by atoms with Gasteiger partial charge in [-0.25, -0.2) is 0 Å². The summed E-state index contributed by atoms with van der Waals surface area (Å²) in [7, 11) is 0. The standard InChI is InChI=1S/C10H13NO.2C2H6/c1-4-6-7-9-8(3)11-12-10(9)5-2;2*1-2/h5-7H,2,4H2,1,3H3;2*1-2H3/b7-6-;;. The number of rotatable bonds is 3. The molecule has 1 aromatic heterocycles. The molecule has 0 radical (unpaired) electrons. The summed E-state index contributed by atoms with van der Waals surface area (Å²) in [4.78, 5) is 0. The Hall–Kier alpha value is -1.31. The molecular weight excluding hydrogens is 198 g/mol. The third-order valence-corrected chi connectivity index (χ3v) is 1.64. The molecule has 1 heterocycles. The fourth-order valence-corrected chi connectivity index (χ4v) is 0.980. The molecule has 0 bridgehead atoms. The lowest BCUT2D eigenvalue weighted by molar-refractivity contribution is 0.408. The Morgan fingerprint density at radius 2 is 1.81 bits per heavy atom. The molecule has 2 heteroatoms. The Bertz CT molecular complexity index is 298. The summed E-state index contributed by atoms with van der Waals surface area (Å²) in [6.07, 6.45) is 6.78. The average Bonchev–Trinajstić information content (AvgIpc) is 2.72. The van der Waals surface area contributed by atoms with Crippen LogP contribution in [0.1, 0.15) is 58.1 Å². The zero-order valence-corrected chi connectivity index (χ0v) is 11.5. The zero-order valence-electron chi connectivity index (χ0n) is 11.5. The van der Waals surface area contributed by atoms with E-state index in [2.05, 4.69) is 24.7 Å². The largest absolute Gasteiger partial charge is 0.356 e. The maximum absolute atomic E-state index is 5.02. The van der Waals surface area contributed by atoms with Crippen LogP contribution in [0.3, 0.4) is 0 Å². The molecule has 1 aromatic rings. The second kappa shape index (κ2) is 11.8. The fourth-order valence-electron chi connectivity index (χ4n) is 0.980. The summed E-state index contributed by atoms with van der Waals surface area (Å²) < 4.78 is 5.02. The molecule has 0 saturated heterocycles. The highest BCUT2D eigenvalue weighted by Crippen LogP contribution is 2.16. The van der Waals surface area contributed by atoms with Crippen LogP contribution in [0.4, 0.5) is 0 Å². The molecular formula is C14H25NO. The van der Waals surface area contributed by atoms with Crippen LogP contribution in [0.25, 0.3) is 12.2 Å². The van der Waals surface area contributed by atoms with Gasteiger partial charge in [-0.2, -0.15) is 0 Å². The van der Waals surface area contributed by atoms with E-state index in [9.17, 15) is 0 Å². The van der Waals surface area contributed by atoms with E-state index in [1.807, 2.05) is 40.7 Å². The van der Waals surface area contributed by atoms with Crippen molar-refractivity contribution in [1.82, 2.24) is 5.16 Å². The van der Waals surface area contributed by atoms with Gasteiger partial charge in [0.15, 0.2) is 5.76 Å². The topological polar surface area (TPSA) is 26.0 Å². The van der Waals surface area contributed by atoms with Crippen molar-refractivity contribution < 1.29 is 4.52 Å². The monoisotopic (exact) mass is 223 g/mol. The first-order chi connectivity index (χ1) is 7.79. The van der Waals surface area contributed by atoms with Gasteiger partial charge in [0.05, 0.1) is 5.69 Å². The van der Waals surface area contributed by atoms with Crippen molar-refractivity contribution in [2.24, 2.45) is 0 Å². The summed E-state index contributed by atoms with van der Waals surface area (Å²) in [5, 5.41) is 3.84. The second-order valence-corrected chi connectivity index (χ2v) is 2.56. The number of aryl methyl sites for hydroxylation is 1. The lowest BCUT2D eigenvalue weighted by Gasteiger charge is -1.88. The summed E-state index contributed by atoms with van der Waals surface area (Å²) in [6, 6.07) is 0. The zero-order chi connectivity index (χ0) is 13.0. The first-order valence-corrected chi connectivity index (χ1v) is 6.04. The third-order valence-electron chi connectivity index (χ3n) is 1.64. The van der Waals surface area contributed by atoms with Crippen molar-refractivity contribution in [3.8, 4) is 0 Å². The summed E-state index contributed by atoms with van der Waals surface area (Å²) >= 11 is 0. The molecule has 0 aliphatic carbocycles. The van der Waals surface area contributed by atoms with Crippen molar-refractivity contribution in [1.29, 1.82) is 0 Å². The molecule has 0 atom stereocenters. The number of hydrogen-bond acceptors (Lipinski definition) is 2. The third kappa shape index (κ3) is 5.54. The SMILES string of the molecule is C=Cc1onc(C)c1/C=C\CC.CC.CC. The molecule has 2 nitrogen and oxygen atoms in total.